The molecule has 2 aromatic carbocycles. The van der Waals surface area contributed by atoms with Gasteiger partial charge in [-0.05, 0) is 59.1 Å². The van der Waals surface area contributed by atoms with E-state index in [9.17, 15) is 0 Å². The zero-order valence-corrected chi connectivity index (χ0v) is 16.7. The van der Waals surface area contributed by atoms with E-state index in [-0.39, 0.29) is 0 Å². The zero-order chi connectivity index (χ0) is 18.1. The SMILES string of the molecule is CCCc1cccc(CCC)c1[CH]c1c(CCC)cccc1CCC. The Morgan fingerprint density at radius 3 is 1.04 bits per heavy atom. The fourth-order valence-corrected chi connectivity index (χ4v) is 3.80. The molecule has 0 amide bonds. The van der Waals surface area contributed by atoms with Gasteiger partial charge < -0.3 is 0 Å². The topological polar surface area (TPSA) is 0 Å². The van der Waals surface area contributed by atoms with E-state index >= 15 is 0 Å². The van der Waals surface area contributed by atoms with Crippen LogP contribution in [0.1, 0.15) is 86.8 Å². The predicted octanol–water partition coefficient (Wildman–Crippen LogP) is 7.10. The van der Waals surface area contributed by atoms with Crippen LogP contribution in [-0.2, 0) is 25.7 Å². The van der Waals surface area contributed by atoms with Gasteiger partial charge >= 0.3 is 0 Å². The molecule has 0 atom stereocenters. The molecule has 0 spiro atoms. The molecule has 0 aliphatic heterocycles. The Hall–Kier alpha value is -1.56. The van der Waals surface area contributed by atoms with Gasteiger partial charge in [0, 0.05) is 6.42 Å². The van der Waals surface area contributed by atoms with E-state index in [4.69, 9.17) is 0 Å². The number of aryl methyl sites for hydroxylation is 4. The summed E-state index contributed by atoms with van der Waals surface area (Å²) < 4.78 is 0. The van der Waals surface area contributed by atoms with E-state index in [0.29, 0.717) is 0 Å². The molecule has 0 fully saturated rings. The second-order valence-corrected chi connectivity index (χ2v) is 7.12. The van der Waals surface area contributed by atoms with Gasteiger partial charge in [0.1, 0.15) is 0 Å². The minimum Gasteiger partial charge on any atom is -0.0651 e. The number of benzene rings is 2. The molecule has 25 heavy (non-hydrogen) atoms. The van der Waals surface area contributed by atoms with Crippen LogP contribution in [0.3, 0.4) is 0 Å². The van der Waals surface area contributed by atoms with Gasteiger partial charge in [0.15, 0.2) is 0 Å². The molecule has 0 heterocycles. The standard InChI is InChI=1S/C25H35/c1-5-11-20-15-9-16-21(12-6-2)24(20)19-25-22(13-7-3)17-10-18-23(25)14-8-4/h9-10,15-19H,5-8,11-14H2,1-4H3. The highest BCUT2D eigenvalue weighted by atomic mass is 14.2. The van der Waals surface area contributed by atoms with Crippen molar-refractivity contribution in [2.75, 3.05) is 0 Å². The molecular weight excluding hydrogens is 300 g/mol. The van der Waals surface area contributed by atoms with E-state index in [2.05, 4.69) is 70.5 Å². The fraction of sp³-hybridized carbons (Fsp3) is 0.480. The summed E-state index contributed by atoms with van der Waals surface area (Å²) in [6, 6.07) is 13.8. The first-order valence-electron chi connectivity index (χ1n) is 10.3. The van der Waals surface area contributed by atoms with E-state index < -0.39 is 0 Å². The Balaban J connectivity index is 2.50. The quantitative estimate of drug-likeness (QED) is 0.434. The highest BCUT2D eigenvalue weighted by Gasteiger charge is 2.14. The number of rotatable bonds is 10. The first kappa shape index (κ1) is 19.8. The van der Waals surface area contributed by atoms with E-state index in [1.54, 1.807) is 0 Å². The monoisotopic (exact) mass is 335 g/mol. The van der Waals surface area contributed by atoms with Crippen molar-refractivity contribution in [3.63, 3.8) is 0 Å². The molecule has 135 valence electrons. The minimum atomic E-state index is 1.17. The second-order valence-electron chi connectivity index (χ2n) is 7.12. The third kappa shape index (κ3) is 5.21. The summed E-state index contributed by atoms with van der Waals surface area (Å²) in [6.45, 7) is 9.13. The lowest BCUT2D eigenvalue weighted by Crippen LogP contribution is -2.05. The lowest BCUT2D eigenvalue weighted by Gasteiger charge is -2.19. The first-order chi connectivity index (χ1) is 12.2. The van der Waals surface area contributed by atoms with Crippen LogP contribution in [0.4, 0.5) is 0 Å². The molecule has 0 aliphatic rings. The predicted molar refractivity (Wildman–Crippen MR) is 111 cm³/mol. The molecule has 0 bridgehead atoms. The molecule has 1 radical (unpaired) electrons. The lowest BCUT2D eigenvalue weighted by molar-refractivity contribution is 0.869. The van der Waals surface area contributed by atoms with E-state index in [1.165, 1.54) is 84.7 Å². The van der Waals surface area contributed by atoms with Crippen LogP contribution >= 0.6 is 0 Å². The Kier molecular flexibility index (Phi) is 8.25. The van der Waals surface area contributed by atoms with Gasteiger partial charge in [-0.1, -0.05) is 89.8 Å². The molecule has 0 aliphatic carbocycles. The van der Waals surface area contributed by atoms with Crippen molar-refractivity contribution in [1.82, 2.24) is 0 Å². The first-order valence-corrected chi connectivity index (χ1v) is 10.3. The Bertz CT molecular complexity index is 545. The van der Waals surface area contributed by atoms with Gasteiger partial charge in [-0.25, -0.2) is 0 Å². The molecule has 0 nitrogen and oxygen atoms in total. The van der Waals surface area contributed by atoms with Gasteiger partial charge in [0.25, 0.3) is 0 Å². The average molecular weight is 336 g/mol. The van der Waals surface area contributed by atoms with Crippen molar-refractivity contribution in [1.29, 1.82) is 0 Å². The van der Waals surface area contributed by atoms with E-state index in [1.807, 2.05) is 0 Å². The van der Waals surface area contributed by atoms with Gasteiger partial charge in [0.05, 0.1) is 0 Å². The molecule has 0 saturated heterocycles. The number of hydrogen-bond donors (Lipinski definition) is 0. The summed E-state index contributed by atoms with van der Waals surface area (Å²) in [5.74, 6) is 0. The van der Waals surface area contributed by atoms with Crippen LogP contribution in [0.25, 0.3) is 0 Å². The Morgan fingerprint density at radius 2 is 0.800 bits per heavy atom. The van der Waals surface area contributed by atoms with Crippen LogP contribution in [0.5, 0.6) is 0 Å². The van der Waals surface area contributed by atoms with Crippen LogP contribution < -0.4 is 0 Å². The lowest BCUT2D eigenvalue weighted by atomic mass is 9.86. The van der Waals surface area contributed by atoms with Crippen molar-refractivity contribution < 1.29 is 0 Å². The molecule has 0 saturated carbocycles. The normalized spacial score (nSPS) is 11.0. The smallest absolute Gasteiger partial charge is 0.0210 e. The average Bonchev–Trinajstić information content (AvgIpc) is 2.61. The maximum atomic E-state index is 2.52. The van der Waals surface area contributed by atoms with Gasteiger partial charge in [-0.15, -0.1) is 0 Å². The molecular formula is C25H35. The molecule has 2 aromatic rings. The van der Waals surface area contributed by atoms with Gasteiger partial charge in [-0.2, -0.15) is 0 Å². The summed E-state index contributed by atoms with van der Waals surface area (Å²) in [5.41, 5.74) is 9.05. The third-order valence-electron chi connectivity index (χ3n) is 4.94. The molecule has 0 unspecified atom stereocenters. The van der Waals surface area contributed by atoms with Gasteiger partial charge in [-0.3, -0.25) is 0 Å². The van der Waals surface area contributed by atoms with Crippen molar-refractivity contribution >= 4 is 0 Å². The molecule has 0 aromatic heterocycles. The zero-order valence-electron chi connectivity index (χ0n) is 16.7. The largest absolute Gasteiger partial charge is 0.0651 e. The minimum absolute atomic E-state index is 1.17. The van der Waals surface area contributed by atoms with Crippen molar-refractivity contribution in [2.45, 2.75) is 79.1 Å². The summed E-state index contributed by atoms with van der Waals surface area (Å²) in [5, 5.41) is 0. The molecule has 0 N–H and O–H groups in total. The Morgan fingerprint density at radius 1 is 0.520 bits per heavy atom. The summed E-state index contributed by atoms with van der Waals surface area (Å²) >= 11 is 0. The van der Waals surface area contributed by atoms with Crippen molar-refractivity contribution in [3.8, 4) is 0 Å². The highest BCUT2D eigenvalue weighted by molar-refractivity contribution is 5.52. The van der Waals surface area contributed by atoms with E-state index in [0.717, 1.165) is 0 Å². The molecule has 0 heteroatoms. The van der Waals surface area contributed by atoms with Crippen molar-refractivity contribution in [3.05, 3.63) is 76.2 Å². The van der Waals surface area contributed by atoms with Crippen molar-refractivity contribution in [2.24, 2.45) is 0 Å². The van der Waals surface area contributed by atoms with Crippen LogP contribution in [-0.4, -0.2) is 0 Å². The number of hydrogen-bond acceptors (Lipinski definition) is 0. The summed E-state index contributed by atoms with van der Waals surface area (Å²) in [7, 11) is 0. The Labute approximate surface area is 155 Å². The third-order valence-corrected chi connectivity index (χ3v) is 4.94. The highest BCUT2D eigenvalue weighted by Crippen LogP contribution is 2.28. The second kappa shape index (κ2) is 10.4. The van der Waals surface area contributed by atoms with Crippen LogP contribution in [0.15, 0.2) is 36.4 Å². The summed E-state index contributed by atoms with van der Waals surface area (Å²) in [6.07, 6.45) is 12.0. The maximum absolute atomic E-state index is 2.52. The fourth-order valence-electron chi connectivity index (χ4n) is 3.80. The van der Waals surface area contributed by atoms with Crippen LogP contribution in [0.2, 0.25) is 0 Å². The van der Waals surface area contributed by atoms with Gasteiger partial charge in [0.2, 0.25) is 0 Å². The molecule has 2 rings (SSSR count). The maximum Gasteiger partial charge on any atom is 0.0210 e. The summed E-state index contributed by atoms with van der Waals surface area (Å²) in [4.78, 5) is 0. The van der Waals surface area contributed by atoms with Crippen LogP contribution in [0, 0.1) is 6.42 Å².